The number of allylic oxidation sites excluding steroid dienone is 1. The average Bonchev–Trinajstić information content (AvgIpc) is 3.29. The molecule has 1 atom stereocenters. The van der Waals surface area contributed by atoms with Crippen molar-refractivity contribution >= 4 is 23.1 Å². The van der Waals surface area contributed by atoms with Crippen LogP contribution in [0.5, 0.6) is 0 Å². The van der Waals surface area contributed by atoms with Crippen LogP contribution in [0.25, 0.3) is 11.4 Å². The van der Waals surface area contributed by atoms with Gasteiger partial charge in [-0.05, 0) is 68.4 Å². The molecule has 0 spiro atoms. The predicted octanol–water partition coefficient (Wildman–Crippen LogP) is 5.53. The van der Waals surface area contributed by atoms with Gasteiger partial charge in [0.15, 0.2) is 5.82 Å². The van der Waals surface area contributed by atoms with E-state index in [9.17, 15) is 9.59 Å². The van der Waals surface area contributed by atoms with Crippen molar-refractivity contribution in [2.24, 2.45) is 5.41 Å². The Hall–Kier alpha value is -3.81. The van der Waals surface area contributed by atoms with Gasteiger partial charge in [0, 0.05) is 24.7 Å². The third-order valence-electron chi connectivity index (χ3n) is 7.22. The number of anilines is 1. The lowest BCUT2D eigenvalue weighted by atomic mass is 9.88. The standard InChI is InChI=1S/C30H38N6O2/c1-8-21-9-14-26(31-16-21)36-20(3)25(18-33-36)28(37)34-23-15-19(2)27(32-17-23)22-10-12-24(13-11-22)35(7)29(38)30(4,5)6/h9-10,14-18,24H,8,11-13H2,1-7H3,(H,34,37). The number of carbonyl (C=O) groups is 2. The topological polar surface area (TPSA) is 93.0 Å². The van der Waals surface area contributed by atoms with Crippen molar-refractivity contribution in [2.75, 3.05) is 12.4 Å². The first-order valence-corrected chi connectivity index (χ1v) is 13.2. The molecule has 1 aliphatic carbocycles. The molecule has 1 N–H and O–H groups in total. The minimum absolute atomic E-state index is 0.167. The van der Waals surface area contributed by atoms with Gasteiger partial charge in [0.1, 0.15) is 0 Å². The average molecular weight is 515 g/mol. The van der Waals surface area contributed by atoms with Gasteiger partial charge in [0.2, 0.25) is 5.91 Å². The van der Waals surface area contributed by atoms with Crippen molar-refractivity contribution in [2.45, 2.75) is 73.3 Å². The molecule has 0 saturated heterocycles. The highest BCUT2D eigenvalue weighted by molar-refractivity contribution is 6.05. The summed E-state index contributed by atoms with van der Waals surface area (Å²) >= 11 is 0. The predicted molar refractivity (Wildman–Crippen MR) is 150 cm³/mol. The summed E-state index contributed by atoms with van der Waals surface area (Å²) in [6.45, 7) is 11.8. The minimum Gasteiger partial charge on any atom is -0.342 e. The molecule has 1 aliphatic rings. The van der Waals surface area contributed by atoms with Gasteiger partial charge in [-0.1, -0.05) is 39.8 Å². The molecule has 3 aromatic rings. The zero-order valence-electron chi connectivity index (χ0n) is 23.5. The summed E-state index contributed by atoms with van der Waals surface area (Å²) in [5, 5.41) is 7.35. The Morgan fingerprint density at radius 3 is 2.47 bits per heavy atom. The van der Waals surface area contributed by atoms with Gasteiger partial charge in [-0.15, -0.1) is 0 Å². The molecule has 0 aliphatic heterocycles. The highest BCUT2D eigenvalue weighted by Gasteiger charge is 2.30. The van der Waals surface area contributed by atoms with Crippen LogP contribution in [-0.2, 0) is 11.2 Å². The van der Waals surface area contributed by atoms with Crippen LogP contribution in [0.15, 0.2) is 42.9 Å². The van der Waals surface area contributed by atoms with Crippen LogP contribution in [0.1, 0.15) is 79.8 Å². The Morgan fingerprint density at radius 2 is 1.89 bits per heavy atom. The molecule has 0 bridgehead atoms. The second kappa shape index (κ2) is 10.9. The summed E-state index contributed by atoms with van der Waals surface area (Å²) < 4.78 is 1.68. The van der Waals surface area contributed by atoms with E-state index in [0.717, 1.165) is 48.2 Å². The van der Waals surface area contributed by atoms with E-state index in [1.807, 2.05) is 71.0 Å². The molecule has 3 heterocycles. The second-order valence-corrected chi connectivity index (χ2v) is 11.1. The Labute approximate surface area is 225 Å². The third kappa shape index (κ3) is 5.69. The van der Waals surface area contributed by atoms with Crippen LogP contribution in [-0.4, -0.2) is 49.6 Å². The second-order valence-electron chi connectivity index (χ2n) is 11.1. The maximum absolute atomic E-state index is 13.0. The van der Waals surface area contributed by atoms with Gasteiger partial charge < -0.3 is 10.2 Å². The number of aryl methyl sites for hydroxylation is 2. The van der Waals surface area contributed by atoms with Crippen LogP contribution < -0.4 is 5.32 Å². The number of pyridine rings is 2. The number of aromatic nitrogens is 4. The van der Waals surface area contributed by atoms with Gasteiger partial charge >= 0.3 is 0 Å². The summed E-state index contributed by atoms with van der Waals surface area (Å²) in [5.74, 6) is 0.608. The first-order chi connectivity index (χ1) is 18.0. The number of carbonyl (C=O) groups excluding carboxylic acids is 2. The lowest BCUT2D eigenvalue weighted by Gasteiger charge is -2.35. The Balaban J connectivity index is 1.44. The van der Waals surface area contributed by atoms with Crippen LogP contribution in [0.4, 0.5) is 5.69 Å². The van der Waals surface area contributed by atoms with E-state index < -0.39 is 0 Å². The molecule has 1 unspecified atom stereocenters. The molecule has 0 fully saturated rings. The molecule has 200 valence electrons. The molecule has 8 nitrogen and oxygen atoms in total. The first kappa shape index (κ1) is 27.2. The lowest BCUT2D eigenvalue weighted by molar-refractivity contribution is -0.140. The maximum atomic E-state index is 13.0. The van der Waals surface area contributed by atoms with Gasteiger partial charge in [0.05, 0.1) is 35.0 Å². The molecule has 3 aromatic heterocycles. The number of hydrogen-bond acceptors (Lipinski definition) is 5. The fourth-order valence-electron chi connectivity index (χ4n) is 4.87. The molecule has 0 saturated carbocycles. The molecule has 0 aromatic carbocycles. The summed E-state index contributed by atoms with van der Waals surface area (Å²) in [7, 11) is 1.90. The van der Waals surface area contributed by atoms with E-state index in [2.05, 4.69) is 28.4 Å². The van der Waals surface area contributed by atoms with Gasteiger partial charge in [-0.3, -0.25) is 14.6 Å². The number of amides is 2. The van der Waals surface area contributed by atoms with Crippen molar-refractivity contribution in [3.05, 3.63) is 70.9 Å². The highest BCUT2D eigenvalue weighted by Crippen LogP contribution is 2.32. The van der Waals surface area contributed by atoms with Crippen molar-refractivity contribution in [3.63, 3.8) is 0 Å². The molecule has 4 rings (SSSR count). The number of nitrogens with zero attached hydrogens (tertiary/aromatic N) is 5. The lowest BCUT2D eigenvalue weighted by Crippen LogP contribution is -2.43. The van der Waals surface area contributed by atoms with Gasteiger partial charge in [0.25, 0.3) is 5.91 Å². The Morgan fingerprint density at radius 1 is 1.13 bits per heavy atom. The molecule has 2 amide bonds. The van der Waals surface area contributed by atoms with E-state index in [1.165, 1.54) is 5.57 Å². The summed E-state index contributed by atoms with van der Waals surface area (Å²) in [6, 6.07) is 6.08. The van der Waals surface area contributed by atoms with E-state index in [-0.39, 0.29) is 23.3 Å². The molecular formula is C30H38N6O2. The summed E-state index contributed by atoms with van der Waals surface area (Å²) in [4.78, 5) is 36.8. The minimum atomic E-state index is -0.383. The highest BCUT2D eigenvalue weighted by atomic mass is 16.2. The SMILES string of the molecule is CCc1ccc(-n2ncc(C(=O)Nc3cnc(C4=CCC(N(C)C(=O)C(C)(C)C)CC4)c(C)c3)c2C)nc1. The maximum Gasteiger partial charge on any atom is 0.259 e. The normalized spacial score (nSPS) is 15.7. The molecule has 8 heteroatoms. The Bertz CT molecular complexity index is 1360. The molecular weight excluding hydrogens is 476 g/mol. The Kier molecular flexibility index (Phi) is 7.81. The largest absolute Gasteiger partial charge is 0.342 e. The zero-order chi connectivity index (χ0) is 27.6. The molecule has 0 radical (unpaired) electrons. The molecule has 38 heavy (non-hydrogen) atoms. The fraction of sp³-hybridized carbons (Fsp3) is 0.433. The third-order valence-corrected chi connectivity index (χ3v) is 7.22. The summed E-state index contributed by atoms with van der Waals surface area (Å²) in [6.07, 6.45) is 10.8. The summed E-state index contributed by atoms with van der Waals surface area (Å²) in [5.41, 5.74) is 5.74. The monoisotopic (exact) mass is 514 g/mol. The van der Waals surface area contributed by atoms with Crippen LogP contribution in [0.3, 0.4) is 0 Å². The van der Waals surface area contributed by atoms with Gasteiger partial charge in [-0.2, -0.15) is 5.10 Å². The first-order valence-electron chi connectivity index (χ1n) is 13.2. The van der Waals surface area contributed by atoms with Crippen LogP contribution in [0, 0.1) is 19.3 Å². The van der Waals surface area contributed by atoms with E-state index in [4.69, 9.17) is 4.98 Å². The van der Waals surface area contributed by atoms with Gasteiger partial charge in [-0.25, -0.2) is 9.67 Å². The van der Waals surface area contributed by atoms with Crippen molar-refractivity contribution in [3.8, 4) is 5.82 Å². The van der Waals surface area contributed by atoms with Crippen LogP contribution in [0.2, 0.25) is 0 Å². The number of rotatable bonds is 6. The van der Waals surface area contributed by atoms with Crippen LogP contribution >= 0.6 is 0 Å². The van der Waals surface area contributed by atoms with Crippen molar-refractivity contribution in [1.29, 1.82) is 0 Å². The van der Waals surface area contributed by atoms with E-state index >= 15 is 0 Å². The van der Waals surface area contributed by atoms with E-state index in [1.54, 1.807) is 17.1 Å². The van der Waals surface area contributed by atoms with E-state index in [0.29, 0.717) is 17.1 Å². The fourth-order valence-corrected chi connectivity index (χ4v) is 4.87. The zero-order valence-corrected chi connectivity index (χ0v) is 23.5. The number of nitrogens with one attached hydrogen (secondary N) is 1. The number of hydrogen-bond donors (Lipinski definition) is 1. The van der Waals surface area contributed by atoms with Crippen molar-refractivity contribution < 1.29 is 9.59 Å². The quantitative estimate of drug-likeness (QED) is 0.467. The van der Waals surface area contributed by atoms with Crippen molar-refractivity contribution in [1.82, 2.24) is 24.6 Å². The smallest absolute Gasteiger partial charge is 0.259 e.